The molecule has 1 N–H and O–H groups in total. The molecule has 0 aliphatic carbocycles. The van der Waals surface area contributed by atoms with Crippen molar-refractivity contribution >= 4 is 11.9 Å². The molecular formula is C57H110O5. The van der Waals surface area contributed by atoms with Crippen LogP contribution in [0.1, 0.15) is 322 Å². The molecule has 0 aromatic heterocycles. The van der Waals surface area contributed by atoms with Gasteiger partial charge in [0.1, 0.15) is 6.61 Å². The summed E-state index contributed by atoms with van der Waals surface area (Å²) in [5.74, 6) is -0.567. The van der Waals surface area contributed by atoms with Crippen molar-refractivity contribution < 1.29 is 24.2 Å². The van der Waals surface area contributed by atoms with E-state index >= 15 is 0 Å². The number of hydrogen-bond donors (Lipinski definition) is 1. The molecule has 0 aromatic rings. The number of unbranched alkanes of at least 4 members (excludes halogenated alkanes) is 43. The van der Waals surface area contributed by atoms with E-state index in [-0.39, 0.29) is 25.2 Å². The quantitative estimate of drug-likeness (QED) is 0.0374. The van der Waals surface area contributed by atoms with Gasteiger partial charge in [-0.2, -0.15) is 0 Å². The number of ether oxygens (including phenoxy) is 2. The molecule has 0 amide bonds. The van der Waals surface area contributed by atoms with Gasteiger partial charge in [0.2, 0.25) is 0 Å². The Labute approximate surface area is 388 Å². The third kappa shape index (κ3) is 51.3. The Bertz CT molecular complexity index is 902. The number of allylic oxidation sites excluding steroid dienone is 2. The fourth-order valence-electron chi connectivity index (χ4n) is 8.79. The van der Waals surface area contributed by atoms with Crippen LogP contribution in [0.5, 0.6) is 0 Å². The lowest BCUT2D eigenvalue weighted by molar-refractivity contribution is -0.161. The number of esters is 2. The summed E-state index contributed by atoms with van der Waals surface area (Å²) in [6.45, 7) is 4.20. The molecule has 1 unspecified atom stereocenters. The number of aliphatic hydroxyl groups excluding tert-OH is 1. The lowest BCUT2D eigenvalue weighted by atomic mass is 10.0. The zero-order valence-corrected chi connectivity index (χ0v) is 42.2. The van der Waals surface area contributed by atoms with Gasteiger partial charge >= 0.3 is 11.9 Å². The molecule has 0 saturated heterocycles. The maximum atomic E-state index is 12.3. The van der Waals surface area contributed by atoms with Crippen LogP contribution in [0.15, 0.2) is 12.2 Å². The average molecular weight is 876 g/mol. The van der Waals surface area contributed by atoms with Crippen molar-refractivity contribution in [3.8, 4) is 0 Å². The SMILES string of the molecule is CCCCCCCCCC/C=C\CCCCCCCCCCCCCCCCCCCC(=O)OC(CO)COC(=O)CCCCCCCCCCCCCCCCCCCCC. The first-order chi connectivity index (χ1) is 30.6. The molecule has 0 aliphatic rings. The second-order valence-electron chi connectivity index (χ2n) is 19.4. The van der Waals surface area contributed by atoms with Gasteiger partial charge in [-0.05, 0) is 38.5 Å². The van der Waals surface area contributed by atoms with Gasteiger partial charge in [-0.15, -0.1) is 0 Å². The summed E-state index contributed by atoms with van der Waals surface area (Å²) < 4.78 is 10.7. The monoisotopic (exact) mass is 875 g/mol. The molecule has 0 fully saturated rings. The lowest BCUT2D eigenvalue weighted by Gasteiger charge is -2.15. The maximum absolute atomic E-state index is 12.3. The van der Waals surface area contributed by atoms with Crippen LogP contribution in [0, 0.1) is 0 Å². The lowest BCUT2D eigenvalue weighted by Crippen LogP contribution is -2.28. The first kappa shape index (κ1) is 60.6. The summed E-state index contributed by atoms with van der Waals surface area (Å²) in [5.41, 5.74) is 0. The third-order valence-corrected chi connectivity index (χ3v) is 13.1. The molecule has 1 atom stereocenters. The third-order valence-electron chi connectivity index (χ3n) is 13.1. The zero-order valence-electron chi connectivity index (χ0n) is 42.2. The molecule has 5 nitrogen and oxygen atoms in total. The smallest absolute Gasteiger partial charge is 0.306 e. The predicted octanol–water partition coefficient (Wildman–Crippen LogP) is 18.8. The maximum Gasteiger partial charge on any atom is 0.306 e. The van der Waals surface area contributed by atoms with E-state index in [1.54, 1.807) is 0 Å². The van der Waals surface area contributed by atoms with Crippen molar-refractivity contribution in [1.82, 2.24) is 0 Å². The van der Waals surface area contributed by atoms with Gasteiger partial charge in [-0.25, -0.2) is 0 Å². The number of rotatable bonds is 53. The van der Waals surface area contributed by atoms with Crippen molar-refractivity contribution in [3.63, 3.8) is 0 Å². The van der Waals surface area contributed by atoms with Crippen LogP contribution in [0.4, 0.5) is 0 Å². The predicted molar refractivity (Wildman–Crippen MR) is 270 cm³/mol. The molecule has 0 radical (unpaired) electrons. The van der Waals surface area contributed by atoms with E-state index in [0.29, 0.717) is 12.8 Å². The Morgan fingerprint density at radius 1 is 0.355 bits per heavy atom. The van der Waals surface area contributed by atoms with Gasteiger partial charge in [-0.1, -0.05) is 283 Å². The highest BCUT2D eigenvalue weighted by Gasteiger charge is 2.16. The van der Waals surface area contributed by atoms with Gasteiger partial charge in [0.15, 0.2) is 6.10 Å². The molecule has 5 heteroatoms. The number of hydrogen-bond acceptors (Lipinski definition) is 5. The highest BCUT2D eigenvalue weighted by Crippen LogP contribution is 2.18. The van der Waals surface area contributed by atoms with Crippen molar-refractivity contribution in [1.29, 1.82) is 0 Å². The minimum Gasteiger partial charge on any atom is -0.462 e. The van der Waals surface area contributed by atoms with E-state index in [1.807, 2.05) is 0 Å². The van der Waals surface area contributed by atoms with Crippen LogP contribution < -0.4 is 0 Å². The zero-order chi connectivity index (χ0) is 44.9. The van der Waals surface area contributed by atoms with Crippen molar-refractivity contribution in [2.45, 2.75) is 328 Å². The van der Waals surface area contributed by atoms with E-state index in [0.717, 1.165) is 32.1 Å². The van der Waals surface area contributed by atoms with Crippen LogP contribution in [0.2, 0.25) is 0 Å². The minimum atomic E-state index is -0.766. The fraction of sp³-hybridized carbons (Fsp3) is 0.930. The Morgan fingerprint density at radius 2 is 0.597 bits per heavy atom. The summed E-state index contributed by atoms with van der Waals surface area (Å²) in [6, 6.07) is 0. The Kier molecular flexibility index (Phi) is 52.8. The first-order valence-corrected chi connectivity index (χ1v) is 28.2. The van der Waals surface area contributed by atoms with Crippen molar-refractivity contribution in [2.24, 2.45) is 0 Å². The molecule has 0 heterocycles. The summed E-state index contributed by atoms with van der Waals surface area (Å²) in [4.78, 5) is 24.5. The minimum absolute atomic E-state index is 0.0574. The van der Waals surface area contributed by atoms with E-state index in [4.69, 9.17) is 9.47 Å². The van der Waals surface area contributed by atoms with E-state index in [2.05, 4.69) is 26.0 Å². The standard InChI is InChI=1S/C57H110O5/c1-3-5-7-9-11-13-15-17-19-21-23-24-25-26-27-28-29-30-31-32-34-36-38-40-42-44-46-48-50-52-57(60)62-55(53-58)54-61-56(59)51-49-47-45-43-41-39-37-35-33-22-20-18-16-14-12-10-8-6-4-2/h21,23,55,58H,3-20,22,24-54H2,1-2H3/b23-21-. The van der Waals surface area contributed by atoms with Crippen LogP contribution in [-0.4, -0.2) is 36.4 Å². The van der Waals surface area contributed by atoms with Crippen LogP contribution >= 0.6 is 0 Å². The van der Waals surface area contributed by atoms with Crippen LogP contribution in [0.25, 0.3) is 0 Å². The largest absolute Gasteiger partial charge is 0.462 e. The summed E-state index contributed by atoms with van der Waals surface area (Å²) >= 11 is 0. The molecule has 62 heavy (non-hydrogen) atoms. The molecule has 368 valence electrons. The van der Waals surface area contributed by atoms with Crippen LogP contribution in [-0.2, 0) is 19.1 Å². The Morgan fingerprint density at radius 3 is 0.871 bits per heavy atom. The highest BCUT2D eigenvalue weighted by molar-refractivity contribution is 5.70. The van der Waals surface area contributed by atoms with Crippen molar-refractivity contribution in [2.75, 3.05) is 13.2 Å². The number of carbonyl (C=O) groups is 2. The topological polar surface area (TPSA) is 72.8 Å². The van der Waals surface area contributed by atoms with Crippen molar-refractivity contribution in [3.05, 3.63) is 12.2 Å². The Hall–Kier alpha value is -1.36. The van der Waals surface area contributed by atoms with E-state index in [9.17, 15) is 14.7 Å². The van der Waals surface area contributed by atoms with Gasteiger partial charge < -0.3 is 14.6 Å². The average Bonchev–Trinajstić information content (AvgIpc) is 3.28. The summed E-state index contributed by atoms with van der Waals surface area (Å²) in [7, 11) is 0. The Balaban J connectivity index is 3.40. The molecular weight excluding hydrogens is 765 g/mol. The van der Waals surface area contributed by atoms with Gasteiger partial charge in [0.25, 0.3) is 0 Å². The molecule has 0 aromatic carbocycles. The van der Waals surface area contributed by atoms with Crippen LogP contribution in [0.3, 0.4) is 0 Å². The second kappa shape index (κ2) is 54.0. The summed E-state index contributed by atoms with van der Waals surface area (Å²) in [6.07, 6.45) is 66.2. The van der Waals surface area contributed by atoms with E-state index < -0.39 is 6.10 Å². The summed E-state index contributed by atoms with van der Waals surface area (Å²) in [5, 5.41) is 9.64. The number of carbonyl (C=O) groups excluding carboxylic acids is 2. The first-order valence-electron chi connectivity index (χ1n) is 28.2. The molecule has 0 bridgehead atoms. The number of aliphatic hydroxyl groups is 1. The highest BCUT2D eigenvalue weighted by atomic mass is 16.6. The fourth-order valence-corrected chi connectivity index (χ4v) is 8.79. The molecule has 0 rings (SSSR count). The van der Waals surface area contributed by atoms with Gasteiger partial charge in [-0.3, -0.25) is 9.59 Å². The molecule has 0 saturated carbocycles. The normalized spacial score (nSPS) is 12.1. The van der Waals surface area contributed by atoms with Gasteiger partial charge in [0, 0.05) is 12.8 Å². The molecule has 0 spiro atoms. The van der Waals surface area contributed by atoms with Gasteiger partial charge in [0.05, 0.1) is 6.61 Å². The molecule has 0 aliphatic heterocycles. The second-order valence-corrected chi connectivity index (χ2v) is 19.4. The van der Waals surface area contributed by atoms with E-state index in [1.165, 1.54) is 263 Å².